The molecule has 6 heteroatoms. The number of hydrogen-bond acceptors (Lipinski definition) is 4. The smallest absolute Gasteiger partial charge is 0.305 e. The van der Waals surface area contributed by atoms with E-state index in [2.05, 4.69) is 10.2 Å². The Hall–Kier alpha value is -1.14. The number of rotatable bonds is 6. The first-order valence-corrected chi connectivity index (χ1v) is 6.80. The van der Waals surface area contributed by atoms with Crippen LogP contribution in [0.1, 0.15) is 38.5 Å². The summed E-state index contributed by atoms with van der Waals surface area (Å²) < 4.78 is 0. The molecule has 0 radical (unpaired) electrons. The lowest BCUT2D eigenvalue weighted by atomic mass is 9.80. The van der Waals surface area contributed by atoms with Crippen LogP contribution in [0.3, 0.4) is 0 Å². The third-order valence-corrected chi connectivity index (χ3v) is 4.06. The van der Waals surface area contributed by atoms with E-state index >= 15 is 0 Å². The van der Waals surface area contributed by atoms with Crippen molar-refractivity contribution in [2.45, 2.75) is 50.1 Å². The van der Waals surface area contributed by atoms with Gasteiger partial charge in [0.1, 0.15) is 0 Å². The van der Waals surface area contributed by atoms with Crippen LogP contribution in [0.4, 0.5) is 0 Å². The summed E-state index contributed by atoms with van der Waals surface area (Å²) in [6.07, 6.45) is 5.33. The minimum Gasteiger partial charge on any atom is -0.481 e. The van der Waals surface area contributed by atoms with E-state index in [9.17, 15) is 9.59 Å². The second-order valence-electron chi connectivity index (χ2n) is 5.60. The Morgan fingerprint density at radius 3 is 2.37 bits per heavy atom. The van der Waals surface area contributed by atoms with Gasteiger partial charge in [0, 0.05) is 12.1 Å². The van der Waals surface area contributed by atoms with Crippen molar-refractivity contribution >= 4 is 11.9 Å². The van der Waals surface area contributed by atoms with Gasteiger partial charge in [-0.15, -0.1) is 0 Å². The van der Waals surface area contributed by atoms with Crippen molar-refractivity contribution in [3.05, 3.63) is 0 Å². The SMILES string of the molecule is CN(C)C1(CNC(=O)C(N)CC(=O)O)CCCCC1. The van der Waals surface area contributed by atoms with Crippen LogP contribution in [0.25, 0.3) is 0 Å². The zero-order chi connectivity index (χ0) is 14.5. The normalized spacial score (nSPS) is 20.0. The number of amides is 1. The highest BCUT2D eigenvalue weighted by molar-refractivity contribution is 5.85. The molecule has 0 spiro atoms. The number of likely N-dealkylation sites (N-methyl/N-ethyl adjacent to an activating group) is 1. The average Bonchev–Trinajstić information content (AvgIpc) is 2.36. The van der Waals surface area contributed by atoms with Gasteiger partial charge in [0.15, 0.2) is 0 Å². The molecule has 0 aromatic carbocycles. The van der Waals surface area contributed by atoms with E-state index in [-0.39, 0.29) is 17.9 Å². The molecular weight excluding hydrogens is 246 g/mol. The van der Waals surface area contributed by atoms with Crippen molar-refractivity contribution in [3.63, 3.8) is 0 Å². The van der Waals surface area contributed by atoms with Crippen molar-refractivity contribution in [1.29, 1.82) is 0 Å². The minimum absolute atomic E-state index is 0.0170. The van der Waals surface area contributed by atoms with Crippen LogP contribution in [-0.2, 0) is 9.59 Å². The molecule has 4 N–H and O–H groups in total. The molecule has 0 aromatic rings. The maximum absolute atomic E-state index is 11.8. The number of carbonyl (C=O) groups excluding carboxylic acids is 1. The van der Waals surface area contributed by atoms with Crippen LogP contribution in [-0.4, -0.2) is 54.1 Å². The van der Waals surface area contributed by atoms with Gasteiger partial charge in [-0.2, -0.15) is 0 Å². The molecule has 19 heavy (non-hydrogen) atoms. The molecular formula is C13H25N3O3. The van der Waals surface area contributed by atoms with Crippen molar-refractivity contribution in [3.8, 4) is 0 Å². The van der Waals surface area contributed by atoms with Crippen molar-refractivity contribution in [2.75, 3.05) is 20.6 Å². The summed E-state index contributed by atoms with van der Waals surface area (Å²) in [4.78, 5) is 24.5. The Bertz CT molecular complexity index is 325. The van der Waals surface area contributed by atoms with Gasteiger partial charge in [-0.05, 0) is 26.9 Å². The fraction of sp³-hybridized carbons (Fsp3) is 0.846. The van der Waals surface area contributed by atoms with Gasteiger partial charge in [-0.1, -0.05) is 19.3 Å². The molecule has 0 heterocycles. The number of carbonyl (C=O) groups is 2. The number of hydrogen-bond donors (Lipinski definition) is 3. The molecule has 1 aliphatic rings. The quantitative estimate of drug-likeness (QED) is 0.640. The van der Waals surface area contributed by atoms with Crippen LogP contribution >= 0.6 is 0 Å². The van der Waals surface area contributed by atoms with Crippen molar-refractivity contribution in [1.82, 2.24) is 10.2 Å². The highest BCUT2D eigenvalue weighted by Crippen LogP contribution is 2.31. The third kappa shape index (κ3) is 4.47. The number of nitrogens with two attached hydrogens (primary N) is 1. The Morgan fingerprint density at radius 2 is 1.89 bits per heavy atom. The fourth-order valence-corrected chi connectivity index (χ4v) is 2.66. The van der Waals surface area contributed by atoms with E-state index in [4.69, 9.17) is 10.8 Å². The lowest BCUT2D eigenvalue weighted by Crippen LogP contribution is -2.55. The van der Waals surface area contributed by atoms with E-state index in [1.54, 1.807) is 0 Å². The Labute approximate surface area is 114 Å². The van der Waals surface area contributed by atoms with E-state index in [0.717, 1.165) is 25.7 Å². The molecule has 0 aliphatic heterocycles. The third-order valence-electron chi connectivity index (χ3n) is 4.06. The lowest BCUT2D eigenvalue weighted by molar-refractivity contribution is -0.139. The lowest BCUT2D eigenvalue weighted by Gasteiger charge is -2.43. The monoisotopic (exact) mass is 271 g/mol. The zero-order valence-electron chi connectivity index (χ0n) is 11.8. The number of nitrogens with one attached hydrogen (secondary N) is 1. The summed E-state index contributed by atoms with van der Waals surface area (Å²) in [6.45, 7) is 0.534. The van der Waals surface area contributed by atoms with Gasteiger partial charge in [-0.25, -0.2) is 0 Å². The van der Waals surface area contributed by atoms with Gasteiger partial charge in [0.2, 0.25) is 5.91 Å². The predicted octanol–water partition coefficient (Wildman–Crippen LogP) is 0.169. The fourth-order valence-electron chi connectivity index (χ4n) is 2.66. The number of carboxylic acid groups (broad SMARTS) is 1. The largest absolute Gasteiger partial charge is 0.481 e. The summed E-state index contributed by atoms with van der Waals surface area (Å²) in [7, 11) is 4.04. The molecule has 1 fully saturated rings. The Morgan fingerprint density at radius 1 is 1.32 bits per heavy atom. The average molecular weight is 271 g/mol. The summed E-state index contributed by atoms with van der Waals surface area (Å²) in [5.74, 6) is -1.43. The van der Waals surface area contributed by atoms with Gasteiger partial charge < -0.3 is 21.1 Å². The van der Waals surface area contributed by atoms with E-state index in [0.29, 0.717) is 6.54 Å². The number of carboxylic acids is 1. The van der Waals surface area contributed by atoms with E-state index < -0.39 is 12.0 Å². The molecule has 1 atom stereocenters. The molecule has 110 valence electrons. The molecule has 0 bridgehead atoms. The van der Waals surface area contributed by atoms with Crippen LogP contribution in [0, 0.1) is 0 Å². The Balaban J connectivity index is 2.52. The molecule has 0 saturated heterocycles. The summed E-state index contributed by atoms with van der Waals surface area (Å²) in [6, 6.07) is -0.972. The summed E-state index contributed by atoms with van der Waals surface area (Å²) >= 11 is 0. The standard InChI is InChI=1S/C13H25N3O3/c1-16(2)13(6-4-3-5-7-13)9-15-12(19)10(14)8-11(17)18/h10H,3-9,14H2,1-2H3,(H,15,19)(H,17,18). The van der Waals surface area contributed by atoms with Gasteiger partial charge in [-0.3, -0.25) is 9.59 Å². The van der Waals surface area contributed by atoms with Gasteiger partial charge >= 0.3 is 5.97 Å². The van der Waals surface area contributed by atoms with Gasteiger partial charge in [0.25, 0.3) is 0 Å². The molecule has 1 unspecified atom stereocenters. The topological polar surface area (TPSA) is 95.7 Å². The van der Waals surface area contributed by atoms with E-state index in [1.807, 2.05) is 14.1 Å². The molecule has 1 aliphatic carbocycles. The highest BCUT2D eigenvalue weighted by Gasteiger charge is 2.34. The summed E-state index contributed by atoms with van der Waals surface area (Å²) in [5.41, 5.74) is 5.53. The number of aliphatic carboxylic acids is 1. The van der Waals surface area contributed by atoms with E-state index in [1.165, 1.54) is 6.42 Å². The molecule has 1 amide bonds. The van der Waals surface area contributed by atoms with Crippen LogP contribution in [0.2, 0.25) is 0 Å². The van der Waals surface area contributed by atoms with Crippen LogP contribution < -0.4 is 11.1 Å². The van der Waals surface area contributed by atoms with Gasteiger partial charge in [0.05, 0.1) is 12.5 Å². The second kappa shape index (κ2) is 6.86. The Kier molecular flexibility index (Phi) is 5.75. The molecule has 6 nitrogen and oxygen atoms in total. The molecule has 1 rings (SSSR count). The summed E-state index contributed by atoms with van der Waals surface area (Å²) in [5, 5.41) is 11.4. The van der Waals surface area contributed by atoms with Crippen molar-refractivity contribution < 1.29 is 14.7 Å². The van der Waals surface area contributed by atoms with Crippen LogP contribution in [0.15, 0.2) is 0 Å². The minimum atomic E-state index is -1.05. The zero-order valence-corrected chi connectivity index (χ0v) is 11.8. The molecule has 1 saturated carbocycles. The maximum atomic E-state index is 11.8. The number of nitrogens with zero attached hydrogens (tertiary/aromatic N) is 1. The van der Waals surface area contributed by atoms with Crippen molar-refractivity contribution in [2.24, 2.45) is 5.73 Å². The second-order valence-corrected chi connectivity index (χ2v) is 5.60. The predicted molar refractivity (Wildman–Crippen MR) is 72.7 cm³/mol. The first kappa shape index (κ1) is 15.9. The molecule has 0 aromatic heterocycles. The first-order chi connectivity index (χ1) is 8.87. The maximum Gasteiger partial charge on any atom is 0.305 e. The first-order valence-electron chi connectivity index (χ1n) is 6.80. The van der Waals surface area contributed by atoms with Crippen LogP contribution in [0.5, 0.6) is 0 Å². The highest BCUT2D eigenvalue weighted by atomic mass is 16.4.